The first-order valence-electron chi connectivity index (χ1n) is 5.46. The van der Waals surface area contributed by atoms with E-state index in [1.807, 2.05) is 30.3 Å². The Balaban J connectivity index is 2.01. The number of hydrogen-bond acceptors (Lipinski definition) is 2. The van der Waals surface area contributed by atoms with E-state index < -0.39 is 0 Å². The van der Waals surface area contributed by atoms with Crippen LogP contribution in [0.15, 0.2) is 46.9 Å². The molecule has 0 bridgehead atoms. The number of hydrogen-bond donors (Lipinski definition) is 0. The Kier molecular flexibility index (Phi) is 2.83. The van der Waals surface area contributed by atoms with Gasteiger partial charge in [-0.3, -0.25) is 0 Å². The van der Waals surface area contributed by atoms with Crippen molar-refractivity contribution in [3.63, 3.8) is 0 Å². The molecule has 1 aromatic heterocycles. The van der Waals surface area contributed by atoms with Gasteiger partial charge in [-0.1, -0.05) is 39.3 Å². The molecule has 1 heterocycles. The first-order valence-corrected chi connectivity index (χ1v) is 6.25. The quantitative estimate of drug-likeness (QED) is 0.726. The van der Waals surface area contributed by atoms with Gasteiger partial charge in [0.05, 0.1) is 12.1 Å². The second-order valence-corrected chi connectivity index (χ2v) is 4.89. The van der Waals surface area contributed by atoms with Crippen LogP contribution in [0.25, 0.3) is 11.0 Å². The largest absolute Gasteiger partial charge is 0.240 e. The second kappa shape index (κ2) is 4.49. The highest BCUT2D eigenvalue weighted by Crippen LogP contribution is 2.18. The zero-order valence-corrected chi connectivity index (χ0v) is 10.9. The highest BCUT2D eigenvalue weighted by atomic mass is 79.9. The standard InChI is InChI=1S/C13H9BrFN3/c14-10-6-5-9(11(15)7-10)8-18-13-4-2-1-3-12(13)16-17-18/h1-7H,8H2. The molecular weight excluding hydrogens is 297 g/mol. The van der Waals surface area contributed by atoms with Gasteiger partial charge in [0.1, 0.15) is 11.3 Å². The lowest BCUT2D eigenvalue weighted by atomic mass is 10.2. The molecule has 0 atom stereocenters. The molecule has 5 heteroatoms. The van der Waals surface area contributed by atoms with Gasteiger partial charge in [0.15, 0.2) is 0 Å². The average Bonchev–Trinajstić information content (AvgIpc) is 2.76. The number of halogens is 2. The van der Waals surface area contributed by atoms with Crippen LogP contribution in [0.3, 0.4) is 0 Å². The predicted octanol–water partition coefficient (Wildman–Crippen LogP) is 3.38. The van der Waals surface area contributed by atoms with Crippen molar-refractivity contribution in [2.75, 3.05) is 0 Å². The van der Waals surface area contributed by atoms with E-state index in [9.17, 15) is 4.39 Å². The maximum atomic E-state index is 13.8. The van der Waals surface area contributed by atoms with E-state index in [0.29, 0.717) is 12.1 Å². The van der Waals surface area contributed by atoms with Crippen molar-refractivity contribution in [3.8, 4) is 0 Å². The molecule has 0 saturated heterocycles. The summed E-state index contributed by atoms with van der Waals surface area (Å²) in [5, 5.41) is 8.09. The minimum atomic E-state index is -0.246. The number of para-hydroxylation sites is 1. The predicted molar refractivity (Wildman–Crippen MR) is 70.7 cm³/mol. The lowest BCUT2D eigenvalue weighted by molar-refractivity contribution is 0.582. The molecule has 3 rings (SSSR count). The number of rotatable bonds is 2. The minimum absolute atomic E-state index is 0.246. The van der Waals surface area contributed by atoms with Crippen LogP contribution in [-0.2, 0) is 6.54 Å². The molecule has 0 spiro atoms. The molecule has 90 valence electrons. The summed E-state index contributed by atoms with van der Waals surface area (Å²) in [7, 11) is 0. The maximum Gasteiger partial charge on any atom is 0.129 e. The molecule has 0 amide bonds. The van der Waals surface area contributed by atoms with Crippen molar-refractivity contribution in [3.05, 3.63) is 58.3 Å². The maximum absolute atomic E-state index is 13.8. The van der Waals surface area contributed by atoms with E-state index in [4.69, 9.17) is 0 Å². The van der Waals surface area contributed by atoms with Crippen molar-refractivity contribution in [2.45, 2.75) is 6.54 Å². The Morgan fingerprint density at radius 1 is 1.17 bits per heavy atom. The Bertz CT molecular complexity index is 708. The van der Waals surface area contributed by atoms with Crippen LogP contribution in [0.2, 0.25) is 0 Å². The molecule has 0 fully saturated rings. The molecule has 0 aliphatic rings. The summed E-state index contributed by atoms with van der Waals surface area (Å²) in [6.07, 6.45) is 0. The van der Waals surface area contributed by atoms with Gasteiger partial charge < -0.3 is 0 Å². The highest BCUT2D eigenvalue weighted by Gasteiger charge is 2.07. The van der Waals surface area contributed by atoms with Crippen LogP contribution in [0.4, 0.5) is 4.39 Å². The Morgan fingerprint density at radius 3 is 2.83 bits per heavy atom. The van der Waals surface area contributed by atoms with Crippen molar-refractivity contribution >= 4 is 27.0 Å². The Labute approximate surface area is 111 Å². The van der Waals surface area contributed by atoms with E-state index in [0.717, 1.165) is 15.5 Å². The van der Waals surface area contributed by atoms with Crippen molar-refractivity contribution in [1.29, 1.82) is 0 Å². The SMILES string of the molecule is Fc1cc(Br)ccc1Cn1nnc2ccccc21. The molecule has 3 nitrogen and oxygen atoms in total. The molecular formula is C13H9BrFN3. The van der Waals surface area contributed by atoms with E-state index in [-0.39, 0.29) is 5.82 Å². The lowest BCUT2D eigenvalue weighted by Gasteiger charge is -2.04. The summed E-state index contributed by atoms with van der Waals surface area (Å²) >= 11 is 3.24. The number of fused-ring (bicyclic) bond motifs is 1. The Morgan fingerprint density at radius 2 is 2.00 bits per heavy atom. The monoisotopic (exact) mass is 305 g/mol. The van der Waals surface area contributed by atoms with Crippen LogP contribution >= 0.6 is 15.9 Å². The third-order valence-electron chi connectivity index (χ3n) is 2.76. The fourth-order valence-electron chi connectivity index (χ4n) is 1.85. The van der Waals surface area contributed by atoms with Gasteiger partial charge in [0.2, 0.25) is 0 Å². The smallest absolute Gasteiger partial charge is 0.129 e. The minimum Gasteiger partial charge on any atom is -0.240 e. The number of benzene rings is 2. The van der Waals surface area contributed by atoms with E-state index in [2.05, 4.69) is 26.2 Å². The molecule has 0 aliphatic heterocycles. The average molecular weight is 306 g/mol. The highest BCUT2D eigenvalue weighted by molar-refractivity contribution is 9.10. The van der Waals surface area contributed by atoms with Gasteiger partial charge in [0.25, 0.3) is 0 Å². The van der Waals surface area contributed by atoms with Gasteiger partial charge >= 0.3 is 0 Å². The summed E-state index contributed by atoms with van der Waals surface area (Å²) in [6, 6.07) is 12.6. The van der Waals surface area contributed by atoms with Gasteiger partial charge in [-0.05, 0) is 24.3 Å². The van der Waals surface area contributed by atoms with Crippen LogP contribution in [0.1, 0.15) is 5.56 Å². The fraction of sp³-hybridized carbons (Fsp3) is 0.0769. The summed E-state index contributed by atoms with van der Waals surface area (Å²) in [5.74, 6) is -0.246. The van der Waals surface area contributed by atoms with Crippen LogP contribution in [-0.4, -0.2) is 15.0 Å². The summed E-state index contributed by atoms with van der Waals surface area (Å²) in [6.45, 7) is 0.375. The third kappa shape index (κ3) is 2.01. The van der Waals surface area contributed by atoms with Crippen LogP contribution in [0, 0.1) is 5.82 Å². The summed E-state index contributed by atoms with van der Waals surface area (Å²) in [4.78, 5) is 0. The molecule has 0 unspecified atom stereocenters. The van der Waals surface area contributed by atoms with E-state index >= 15 is 0 Å². The molecule has 0 radical (unpaired) electrons. The van der Waals surface area contributed by atoms with Gasteiger partial charge in [-0.15, -0.1) is 5.10 Å². The van der Waals surface area contributed by atoms with Crippen LogP contribution in [0.5, 0.6) is 0 Å². The Hall–Kier alpha value is -1.75. The first-order chi connectivity index (χ1) is 8.74. The topological polar surface area (TPSA) is 30.7 Å². The molecule has 0 aliphatic carbocycles. The molecule has 18 heavy (non-hydrogen) atoms. The first kappa shape index (κ1) is 11.3. The number of aromatic nitrogens is 3. The molecule has 3 aromatic rings. The fourth-order valence-corrected chi connectivity index (χ4v) is 2.18. The number of nitrogens with zero attached hydrogens (tertiary/aromatic N) is 3. The molecule has 0 N–H and O–H groups in total. The second-order valence-electron chi connectivity index (χ2n) is 3.97. The van der Waals surface area contributed by atoms with Gasteiger partial charge in [0, 0.05) is 10.0 Å². The van der Waals surface area contributed by atoms with Crippen LogP contribution < -0.4 is 0 Å². The normalized spacial score (nSPS) is 11.0. The summed E-state index contributed by atoms with van der Waals surface area (Å²) < 4.78 is 16.2. The molecule has 0 saturated carbocycles. The van der Waals surface area contributed by atoms with Gasteiger partial charge in [-0.25, -0.2) is 9.07 Å². The third-order valence-corrected chi connectivity index (χ3v) is 3.25. The zero-order valence-electron chi connectivity index (χ0n) is 9.35. The summed E-state index contributed by atoms with van der Waals surface area (Å²) in [5.41, 5.74) is 2.31. The molecule has 2 aromatic carbocycles. The zero-order chi connectivity index (χ0) is 12.5. The van der Waals surface area contributed by atoms with Crippen molar-refractivity contribution in [2.24, 2.45) is 0 Å². The van der Waals surface area contributed by atoms with Crippen molar-refractivity contribution in [1.82, 2.24) is 15.0 Å². The van der Waals surface area contributed by atoms with E-state index in [1.165, 1.54) is 6.07 Å². The van der Waals surface area contributed by atoms with Crippen molar-refractivity contribution < 1.29 is 4.39 Å². The van der Waals surface area contributed by atoms with Gasteiger partial charge in [-0.2, -0.15) is 0 Å². The lowest BCUT2D eigenvalue weighted by Crippen LogP contribution is -2.03. The van der Waals surface area contributed by atoms with E-state index in [1.54, 1.807) is 10.7 Å².